The molecular formula is C22H29N5O2. The van der Waals surface area contributed by atoms with Crippen molar-refractivity contribution in [3.8, 4) is 5.75 Å². The maximum Gasteiger partial charge on any atom is 0.253 e. The minimum atomic E-state index is 0.0615. The van der Waals surface area contributed by atoms with Gasteiger partial charge < -0.3 is 19.4 Å². The van der Waals surface area contributed by atoms with E-state index in [4.69, 9.17) is 9.72 Å². The molecule has 29 heavy (non-hydrogen) atoms. The summed E-state index contributed by atoms with van der Waals surface area (Å²) in [4.78, 5) is 28.8. The fourth-order valence-corrected chi connectivity index (χ4v) is 3.99. The number of nitrogens with zero attached hydrogens (tertiary/aromatic N) is 5. The zero-order valence-electron chi connectivity index (χ0n) is 17.3. The van der Waals surface area contributed by atoms with Crippen molar-refractivity contribution in [3.05, 3.63) is 41.6 Å². The monoisotopic (exact) mass is 395 g/mol. The van der Waals surface area contributed by atoms with E-state index in [2.05, 4.69) is 20.9 Å². The second-order valence-corrected chi connectivity index (χ2v) is 7.72. The van der Waals surface area contributed by atoms with E-state index in [9.17, 15) is 4.79 Å². The molecule has 154 valence electrons. The SMILES string of the molecule is COc1ccc(C(=O)N2CCN(c3nc(C)cc(N4CCCCC4)n3)CC2)cc1. The van der Waals surface area contributed by atoms with Crippen LogP contribution in [0, 0.1) is 6.92 Å². The maximum atomic E-state index is 12.8. The lowest BCUT2D eigenvalue weighted by atomic mass is 10.1. The highest BCUT2D eigenvalue weighted by Crippen LogP contribution is 2.22. The quantitative estimate of drug-likeness (QED) is 0.793. The molecule has 0 saturated carbocycles. The Kier molecular flexibility index (Phi) is 5.83. The average molecular weight is 396 g/mol. The number of hydrogen-bond acceptors (Lipinski definition) is 6. The molecule has 0 aliphatic carbocycles. The van der Waals surface area contributed by atoms with Gasteiger partial charge in [-0.15, -0.1) is 0 Å². The first-order valence-electron chi connectivity index (χ1n) is 10.4. The molecule has 7 heteroatoms. The Bertz CT molecular complexity index is 841. The van der Waals surface area contributed by atoms with Crippen molar-refractivity contribution >= 4 is 17.7 Å². The largest absolute Gasteiger partial charge is 0.497 e. The highest BCUT2D eigenvalue weighted by molar-refractivity contribution is 5.94. The molecule has 1 aromatic carbocycles. The summed E-state index contributed by atoms with van der Waals surface area (Å²) in [5.41, 5.74) is 1.69. The molecule has 0 radical (unpaired) electrons. The van der Waals surface area contributed by atoms with E-state index in [-0.39, 0.29) is 5.91 Å². The van der Waals surface area contributed by atoms with Crippen molar-refractivity contribution in [2.75, 3.05) is 56.2 Å². The first-order valence-corrected chi connectivity index (χ1v) is 10.4. The summed E-state index contributed by atoms with van der Waals surface area (Å²) < 4.78 is 5.17. The molecule has 2 saturated heterocycles. The summed E-state index contributed by atoms with van der Waals surface area (Å²) >= 11 is 0. The minimum Gasteiger partial charge on any atom is -0.497 e. The number of rotatable bonds is 4. The van der Waals surface area contributed by atoms with Gasteiger partial charge in [-0.1, -0.05) is 0 Å². The Morgan fingerprint density at radius 3 is 2.24 bits per heavy atom. The highest BCUT2D eigenvalue weighted by atomic mass is 16.5. The molecule has 2 aliphatic heterocycles. The summed E-state index contributed by atoms with van der Waals surface area (Å²) in [6.07, 6.45) is 3.76. The molecule has 0 atom stereocenters. The van der Waals surface area contributed by atoms with Crippen LogP contribution in [0.5, 0.6) is 5.75 Å². The van der Waals surface area contributed by atoms with E-state index in [0.717, 1.165) is 49.4 Å². The molecule has 2 aromatic rings. The number of anilines is 2. The minimum absolute atomic E-state index is 0.0615. The van der Waals surface area contributed by atoms with E-state index in [1.165, 1.54) is 19.3 Å². The number of benzene rings is 1. The van der Waals surface area contributed by atoms with Gasteiger partial charge in [-0.3, -0.25) is 4.79 Å². The standard InChI is InChI=1S/C22H29N5O2/c1-17-16-20(25-10-4-3-5-11-25)24-22(23-17)27-14-12-26(13-15-27)21(28)18-6-8-19(29-2)9-7-18/h6-9,16H,3-5,10-15H2,1-2H3. The van der Waals surface area contributed by atoms with Crippen molar-refractivity contribution in [3.63, 3.8) is 0 Å². The lowest BCUT2D eigenvalue weighted by molar-refractivity contribution is 0.0746. The normalized spacial score (nSPS) is 17.4. The highest BCUT2D eigenvalue weighted by Gasteiger charge is 2.24. The number of carbonyl (C=O) groups is 1. The van der Waals surface area contributed by atoms with Crippen molar-refractivity contribution in [1.82, 2.24) is 14.9 Å². The number of piperidine rings is 1. The van der Waals surface area contributed by atoms with Gasteiger partial charge in [0.1, 0.15) is 11.6 Å². The summed E-state index contributed by atoms with van der Waals surface area (Å²) in [6, 6.07) is 9.38. The summed E-state index contributed by atoms with van der Waals surface area (Å²) in [6.45, 7) is 6.99. The molecule has 1 aromatic heterocycles. The molecule has 4 rings (SSSR count). The molecule has 0 unspecified atom stereocenters. The number of amides is 1. The van der Waals surface area contributed by atoms with Crippen LogP contribution in [0.1, 0.15) is 35.3 Å². The van der Waals surface area contributed by atoms with Crippen LogP contribution in [-0.2, 0) is 0 Å². The van der Waals surface area contributed by atoms with Crippen LogP contribution in [0.3, 0.4) is 0 Å². The third-order valence-corrected chi connectivity index (χ3v) is 5.70. The number of piperazine rings is 1. The second-order valence-electron chi connectivity index (χ2n) is 7.72. The Labute approximate surface area is 172 Å². The van der Waals surface area contributed by atoms with E-state index in [1.807, 2.05) is 36.1 Å². The van der Waals surface area contributed by atoms with Gasteiger partial charge in [0.15, 0.2) is 0 Å². The molecule has 0 bridgehead atoms. The Balaban J connectivity index is 1.41. The Morgan fingerprint density at radius 2 is 1.59 bits per heavy atom. The van der Waals surface area contributed by atoms with Gasteiger partial charge in [0.25, 0.3) is 5.91 Å². The molecule has 0 N–H and O–H groups in total. The number of hydrogen-bond donors (Lipinski definition) is 0. The van der Waals surface area contributed by atoms with Gasteiger partial charge in [-0.2, -0.15) is 4.98 Å². The van der Waals surface area contributed by atoms with Crippen LogP contribution in [0.25, 0.3) is 0 Å². The number of ether oxygens (including phenoxy) is 1. The average Bonchev–Trinajstić information content (AvgIpc) is 2.79. The zero-order valence-corrected chi connectivity index (χ0v) is 17.3. The summed E-state index contributed by atoms with van der Waals surface area (Å²) in [5, 5.41) is 0. The molecule has 0 spiro atoms. The lowest BCUT2D eigenvalue weighted by Crippen LogP contribution is -2.49. The van der Waals surface area contributed by atoms with Gasteiger partial charge in [-0.25, -0.2) is 4.98 Å². The Morgan fingerprint density at radius 1 is 0.897 bits per heavy atom. The topological polar surface area (TPSA) is 61.8 Å². The van der Waals surface area contributed by atoms with E-state index in [0.29, 0.717) is 18.7 Å². The van der Waals surface area contributed by atoms with Gasteiger partial charge in [0, 0.05) is 56.6 Å². The van der Waals surface area contributed by atoms with Gasteiger partial charge in [0.05, 0.1) is 7.11 Å². The number of aromatic nitrogens is 2. The van der Waals surface area contributed by atoms with Crippen LogP contribution < -0.4 is 14.5 Å². The number of carbonyl (C=O) groups excluding carboxylic acids is 1. The summed E-state index contributed by atoms with van der Waals surface area (Å²) in [5.74, 6) is 2.63. The van der Waals surface area contributed by atoms with Crippen LogP contribution >= 0.6 is 0 Å². The van der Waals surface area contributed by atoms with Crippen LogP contribution in [0.2, 0.25) is 0 Å². The lowest BCUT2D eigenvalue weighted by Gasteiger charge is -2.35. The second kappa shape index (κ2) is 8.68. The molecule has 2 aliphatic rings. The van der Waals surface area contributed by atoms with Crippen molar-refractivity contribution in [2.24, 2.45) is 0 Å². The van der Waals surface area contributed by atoms with E-state index < -0.39 is 0 Å². The third kappa shape index (κ3) is 4.44. The third-order valence-electron chi connectivity index (χ3n) is 5.70. The summed E-state index contributed by atoms with van der Waals surface area (Å²) in [7, 11) is 1.63. The molecule has 7 nitrogen and oxygen atoms in total. The van der Waals surface area contributed by atoms with E-state index in [1.54, 1.807) is 7.11 Å². The molecular weight excluding hydrogens is 366 g/mol. The van der Waals surface area contributed by atoms with Crippen molar-refractivity contribution in [2.45, 2.75) is 26.2 Å². The van der Waals surface area contributed by atoms with Gasteiger partial charge >= 0.3 is 0 Å². The first-order chi connectivity index (χ1) is 14.1. The van der Waals surface area contributed by atoms with Crippen LogP contribution in [-0.4, -0.2) is 67.2 Å². The van der Waals surface area contributed by atoms with Crippen LogP contribution in [0.4, 0.5) is 11.8 Å². The number of aryl methyl sites for hydroxylation is 1. The zero-order chi connectivity index (χ0) is 20.2. The van der Waals surface area contributed by atoms with E-state index >= 15 is 0 Å². The first kappa shape index (κ1) is 19.5. The van der Waals surface area contributed by atoms with Crippen LogP contribution in [0.15, 0.2) is 30.3 Å². The predicted molar refractivity (Wildman–Crippen MR) is 114 cm³/mol. The maximum absolute atomic E-state index is 12.8. The molecule has 1 amide bonds. The van der Waals surface area contributed by atoms with Crippen molar-refractivity contribution in [1.29, 1.82) is 0 Å². The smallest absolute Gasteiger partial charge is 0.253 e. The fourth-order valence-electron chi connectivity index (χ4n) is 3.99. The molecule has 2 fully saturated rings. The van der Waals surface area contributed by atoms with Gasteiger partial charge in [-0.05, 0) is 50.5 Å². The fraction of sp³-hybridized carbons (Fsp3) is 0.500. The number of methoxy groups -OCH3 is 1. The van der Waals surface area contributed by atoms with Crippen molar-refractivity contribution < 1.29 is 9.53 Å². The van der Waals surface area contributed by atoms with Gasteiger partial charge in [0.2, 0.25) is 5.95 Å². The predicted octanol–water partition coefficient (Wildman–Crippen LogP) is 2.75. The molecule has 3 heterocycles. The Hall–Kier alpha value is -2.83.